The van der Waals surface area contributed by atoms with Gasteiger partial charge in [-0.25, -0.2) is 0 Å². The van der Waals surface area contributed by atoms with Crippen LogP contribution < -0.4 is 10.1 Å². The van der Waals surface area contributed by atoms with Crippen molar-refractivity contribution in [2.75, 3.05) is 11.9 Å². The van der Waals surface area contributed by atoms with Gasteiger partial charge in [-0.1, -0.05) is 37.3 Å². The summed E-state index contributed by atoms with van der Waals surface area (Å²) in [6.45, 7) is 4.01. The van der Waals surface area contributed by atoms with Crippen LogP contribution in [0, 0.1) is 17.2 Å². The van der Waals surface area contributed by atoms with Crippen molar-refractivity contribution in [1.29, 1.82) is 5.26 Å². The number of nitrogens with zero attached hydrogens (tertiary/aromatic N) is 3. The highest BCUT2D eigenvalue weighted by molar-refractivity contribution is 7.15. The minimum Gasteiger partial charge on any atom is -0.482 e. The minimum atomic E-state index is -0.333. The monoisotopic (exact) mass is 316 g/mol. The van der Waals surface area contributed by atoms with E-state index in [4.69, 9.17) is 10.00 Å². The van der Waals surface area contributed by atoms with Gasteiger partial charge in [-0.05, 0) is 18.1 Å². The normalized spacial score (nSPS) is 10.3. The van der Waals surface area contributed by atoms with Crippen molar-refractivity contribution >= 4 is 22.4 Å². The van der Waals surface area contributed by atoms with Crippen molar-refractivity contribution < 1.29 is 9.53 Å². The first-order valence-corrected chi connectivity index (χ1v) is 7.64. The molecule has 0 radical (unpaired) electrons. The van der Waals surface area contributed by atoms with Gasteiger partial charge in [-0.2, -0.15) is 5.26 Å². The molecule has 0 saturated heterocycles. The van der Waals surface area contributed by atoms with E-state index in [2.05, 4.69) is 29.4 Å². The third-order valence-corrected chi connectivity index (χ3v) is 3.52. The van der Waals surface area contributed by atoms with E-state index in [9.17, 15) is 4.79 Å². The van der Waals surface area contributed by atoms with Gasteiger partial charge in [0.25, 0.3) is 5.91 Å². The SMILES string of the molecule is CC(C)Cc1nnc(NC(=O)COc2ccccc2C#N)s1. The summed E-state index contributed by atoms with van der Waals surface area (Å²) >= 11 is 1.36. The number of rotatable bonds is 6. The average Bonchev–Trinajstić information content (AvgIpc) is 2.91. The van der Waals surface area contributed by atoms with E-state index in [1.807, 2.05) is 6.07 Å². The fourth-order valence-corrected chi connectivity index (χ4v) is 2.69. The number of amides is 1. The molecule has 2 rings (SSSR count). The van der Waals surface area contributed by atoms with E-state index in [0.717, 1.165) is 11.4 Å². The number of para-hydroxylation sites is 1. The van der Waals surface area contributed by atoms with Crippen LogP contribution in [0.1, 0.15) is 24.4 Å². The summed E-state index contributed by atoms with van der Waals surface area (Å²) in [5.41, 5.74) is 0.394. The van der Waals surface area contributed by atoms with Gasteiger partial charge >= 0.3 is 0 Å². The maximum Gasteiger partial charge on any atom is 0.264 e. The Morgan fingerprint density at radius 2 is 2.18 bits per heavy atom. The molecule has 0 spiro atoms. The highest BCUT2D eigenvalue weighted by atomic mass is 32.1. The lowest BCUT2D eigenvalue weighted by Gasteiger charge is -2.06. The summed E-state index contributed by atoms with van der Waals surface area (Å²) in [5.74, 6) is 0.542. The fourth-order valence-electron chi connectivity index (χ4n) is 1.72. The van der Waals surface area contributed by atoms with Crippen molar-refractivity contribution in [3.05, 3.63) is 34.8 Å². The maximum absolute atomic E-state index is 11.8. The molecule has 22 heavy (non-hydrogen) atoms. The van der Waals surface area contributed by atoms with Crippen molar-refractivity contribution in [3.63, 3.8) is 0 Å². The van der Waals surface area contributed by atoms with Crippen LogP contribution in [0.2, 0.25) is 0 Å². The van der Waals surface area contributed by atoms with Crippen LogP contribution >= 0.6 is 11.3 Å². The molecule has 1 aromatic carbocycles. The molecule has 0 aliphatic rings. The fraction of sp³-hybridized carbons (Fsp3) is 0.333. The molecular formula is C15H16N4O2S. The predicted molar refractivity (Wildman–Crippen MR) is 83.7 cm³/mol. The number of aromatic nitrogens is 2. The van der Waals surface area contributed by atoms with Crippen LogP contribution in [-0.4, -0.2) is 22.7 Å². The summed E-state index contributed by atoms with van der Waals surface area (Å²) in [6, 6.07) is 8.79. The number of hydrogen-bond donors (Lipinski definition) is 1. The van der Waals surface area contributed by atoms with E-state index in [-0.39, 0.29) is 12.5 Å². The molecule has 1 aromatic heterocycles. The van der Waals surface area contributed by atoms with Crippen LogP contribution in [0.4, 0.5) is 5.13 Å². The Labute approximate surface area is 132 Å². The first kappa shape index (κ1) is 15.9. The van der Waals surface area contributed by atoms with Gasteiger partial charge in [0.1, 0.15) is 16.8 Å². The maximum atomic E-state index is 11.8. The van der Waals surface area contributed by atoms with Crippen LogP contribution in [0.25, 0.3) is 0 Å². The van der Waals surface area contributed by atoms with Gasteiger partial charge in [-0.3, -0.25) is 10.1 Å². The van der Waals surface area contributed by atoms with Gasteiger partial charge < -0.3 is 4.74 Å². The zero-order valence-electron chi connectivity index (χ0n) is 12.4. The highest BCUT2D eigenvalue weighted by Gasteiger charge is 2.11. The molecule has 1 amide bonds. The number of nitrogens with one attached hydrogen (secondary N) is 1. The summed E-state index contributed by atoms with van der Waals surface area (Å²) in [5, 5.41) is 20.9. The second kappa shape index (κ2) is 7.52. The molecule has 0 fully saturated rings. The van der Waals surface area contributed by atoms with Crippen molar-refractivity contribution in [2.24, 2.45) is 5.92 Å². The molecular weight excluding hydrogens is 300 g/mol. The number of carbonyl (C=O) groups excluding carboxylic acids is 1. The Morgan fingerprint density at radius 3 is 2.91 bits per heavy atom. The number of anilines is 1. The Kier molecular flexibility index (Phi) is 5.44. The minimum absolute atomic E-state index is 0.183. The van der Waals surface area contributed by atoms with Crippen LogP contribution in [0.5, 0.6) is 5.75 Å². The number of nitriles is 1. The molecule has 0 bridgehead atoms. The zero-order valence-corrected chi connectivity index (χ0v) is 13.2. The zero-order chi connectivity index (χ0) is 15.9. The van der Waals surface area contributed by atoms with Crippen LogP contribution in [0.3, 0.4) is 0 Å². The smallest absolute Gasteiger partial charge is 0.264 e. The van der Waals surface area contributed by atoms with Gasteiger partial charge in [0.15, 0.2) is 6.61 Å². The second-order valence-corrected chi connectivity index (χ2v) is 6.11. The van der Waals surface area contributed by atoms with Crippen LogP contribution in [-0.2, 0) is 11.2 Å². The van der Waals surface area contributed by atoms with E-state index in [1.54, 1.807) is 24.3 Å². The topological polar surface area (TPSA) is 87.9 Å². The van der Waals surface area contributed by atoms with Gasteiger partial charge in [0.2, 0.25) is 5.13 Å². The Morgan fingerprint density at radius 1 is 1.41 bits per heavy atom. The quantitative estimate of drug-likeness (QED) is 0.885. The Bertz CT molecular complexity index is 691. The molecule has 2 aromatic rings. The summed E-state index contributed by atoms with van der Waals surface area (Å²) < 4.78 is 5.36. The Balaban J connectivity index is 1.88. The summed E-state index contributed by atoms with van der Waals surface area (Å²) in [4.78, 5) is 11.8. The first-order valence-electron chi connectivity index (χ1n) is 6.82. The van der Waals surface area contributed by atoms with E-state index in [1.165, 1.54) is 11.3 Å². The third kappa shape index (κ3) is 4.53. The number of benzene rings is 1. The average molecular weight is 316 g/mol. The second-order valence-electron chi connectivity index (χ2n) is 5.04. The molecule has 1 heterocycles. The molecule has 1 N–H and O–H groups in total. The van der Waals surface area contributed by atoms with E-state index < -0.39 is 0 Å². The number of carbonyl (C=O) groups is 1. The molecule has 0 aliphatic carbocycles. The largest absolute Gasteiger partial charge is 0.482 e. The van der Waals surface area contributed by atoms with Crippen LogP contribution in [0.15, 0.2) is 24.3 Å². The number of hydrogen-bond acceptors (Lipinski definition) is 6. The third-order valence-electron chi connectivity index (χ3n) is 2.66. The van der Waals surface area contributed by atoms with E-state index >= 15 is 0 Å². The highest BCUT2D eigenvalue weighted by Crippen LogP contribution is 2.19. The first-order chi connectivity index (χ1) is 10.6. The number of ether oxygens (including phenoxy) is 1. The molecule has 0 saturated carbocycles. The molecule has 6 nitrogen and oxygen atoms in total. The van der Waals surface area contributed by atoms with Crippen molar-refractivity contribution in [2.45, 2.75) is 20.3 Å². The molecule has 0 aliphatic heterocycles. The van der Waals surface area contributed by atoms with Gasteiger partial charge in [0, 0.05) is 6.42 Å². The molecule has 0 atom stereocenters. The summed E-state index contributed by atoms with van der Waals surface area (Å²) in [6.07, 6.45) is 0.833. The lowest BCUT2D eigenvalue weighted by Crippen LogP contribution is -2.20. The predicted octanol–water partition coefficient (Wildman–Crippen LogP) is 2.63. The summed E-state index contributed by atoms with van der Waals surface area (Å²) in [7, 11) is 0. The Hall–Kier alpha value is -2.46. The van der Waals surface area contributed by atoms with E-state index in [0.29, 0.717) is 22.4 Å². The van der Waals surface area contributed by atoms with Gasteiger partial charge in [0.05, 0.1) is 5.56 Å². The lowest BCUT2D eigenvalue weighted by molar-refractivity contribution is -0.118. The lowest BCUT2D eigenvalue weighted by atomic mass is 10.1. The van der Waals surface area contributed by atoms with Crippen molar-refractivity contribution in [1.82, 2.24) is 10.2 Å². The standard InChI is InChI=1S/C15H16N4O2S/c1-10(2)7-14-18-19-15(22-14)17-13(20)9-21-12-6-4-3-5-11(12)8-16/h3-6,10H,7,9H2,1-2H3,(H,17,19,20). The van der Waals surface area contributed by atoms with Gasteiger partial charge in [-0.15, -0.1) is 10.2 Å². The molecule has 0 unspecified atom stereocenters. The molecule has 7 heteroatoms. The van der Waals surface area contributed by atoms with Crippen molar-refractivity contribution in [3.8, 4) is 11.8 Å². The molecule has 114 valence electrons.